The van der Waals surface area contributed by atoms with Crippen molar-refractivity contribution in [3.63, 3.8) is 0 Å². The van der Waals surface area contributed by atoms with Crippen molar-refractivity contribution in [2.75, 3.05) is 25.0 Å². The van der Waals surface area contributed by atoms with Crippen LogP contribution in [0.1, 0.15) is 6.42 Å². The predicted octanol–water partition coefficient (Wildman–Crippen LogP) is 2.03. The minimum atomic E-state index is 0.606. The first-order chi connectivity index (χ1) is 8.38. The number of likely N-dealkylation sites (N-methyl/N-ethyl adjacent to an activating group) is 1. The first-order valence-corrected chi connectivity index (χ1v) is 6.14. The van der Waals surface area contributed by atoms with Crippen molar-refractivity contribution >= 4 is 16.6 Å². The van der Waals surface area contributed by atoms with E-state index in [0.717, 1.165) is 18.6 Å². The maximum Gasteiger partial charge on any atom is 0.0935 e. The number of anilines is 1. The zero-order valence-electron chi connectivity index (χ0n) is 10.1. The lowest BCUT2D eigenvalue weighted by atomic mass is 10.2. The molecule has 0 amide bonds. The number of rotatable bonds is 2. The van der Waals surface area contributed by atoms with Gasteiger partial charge in [0.1, 0.15) is 0 Å². The standard InChI is InChI=1S/C14H17N3/c1-15-12-7-9-17(10-12)13-6-2-4-11-5-3-8-16-14(11)13/h2-6,8,12,15H,7,9-10H2,1H3/t12-/m0/s1. The summed E-state index contributed by atoms with van der Waals surface area (Å²) in [6, 6.07) is 11.1. The van der Waals surface area contributed by atoms with Gasteiger partial charge in [0, 0.05) is 30.7 Å². The molecule has 88 valence electrons. The van der Waals surface area contributed by atoms with E-state index < -0.39 is 0 Å². The highest BCUT2D eigenvalue weighted by Gasteiger charge is 2.22. The molecule has 1 aromatic carbocycles. The second-order valence-corrected chi connectivity index (χ2v) is 4.57. The molecule has 17 heavy (non-hydrogen) atoms. The second-order valence-electron chi connectivity index (χ2n) is 4.57. The van der Waals surface area contributed by atoms with Gasteiger partial charge in [-0.15, -0.1) is 0 Å². The van der Waals surface area contributed by atoms with Crippen LogP contribution in [0.5, 0.6) is 0 Å². The van der Waals surface area contributed by atoms with E-state index in [4.69, 9.17) is 0 Å². The maximum atomic E-state index is 4.51. The summed E-state index contributed by atoms with van der Waals surface area (Å²) in [5.74, 6) is 0. The zero-order chi connectivity index (χ0) is 11.7. The molecular weight excluding hydrogens is 210 g/mol. The average Bonchev–Trinajstić information content (AvgIpc) is 2.87. The van der Waals surface area contributed by atoms with Crippen molar-refractivity contribution in [3.8, 4) is 0 Å². The Morgan fingerprint density at radius 2 is 2.18 bits per heavy atom. The number of aromatic nitrogens is 1. The van der Waals surface area contributed by atoms with Crippen LogP contribution in [-0.4, -0.2) is 31.2 Å². The van der Waals surface area contributed by atoms with Gasteiger partial charge in [-0.2, -0.15) is 0 Å². The highest BCUT2D eigenvalue weighted by molar-refractivity contribution is 5.90. The lowest BCUT2D eigenvalue weighted by molar-refractivity contribution is 0.617. The molecule has 3 nitrogen and oxygen atoms in total. The number of pyridine rings is 1. The molecule has 3 rings (SSSR count). The fraction of sp³-hybridized carbons (Fsp3) is 0.357. The van der Waals surface area contributed by atoms with E-state index >= 15 is 0 Å². The van der Waals surface area contributed by atoms with Crippen molar-refractivity contribution in [2.24, 2.45) is 0 Å². The minimum Gasteiger partial charge on any atom is -0.368 e. The molecule has 1 aromatic heterocycles. The molecule has 0 spiro atoms. The van der Waals surface area contributed by atoms with Crippen molar-refractivity contribution in [1.82, 2.24) is 10.3 Å². The van der Waals surface area contributed by atoms with Gasteiger partial charge < -0.3 is 10.2 Å². The van der Waals surface area contributed by atoms with Gasteiger partial charge in [-0.3, -0.25) is 4.98 Å². The molecule has 1 fully saturated rings. The Kier molecular flexibility index (Phi) is 2.69. The highest BCUT2D eigenvalue weighted by Crippen LogP contribution is 2.27. The Morgan fingerprint density at radius 1 is 1.29 bits per heavy atom. The molecule has 2 heterocycles. The third kappa shape index (κ3) is 1.87. The van der Waals surface area contributed by atoms with Gasteiger partial charge in [-0.25, -0.2) is 0 Å². The summed E-state index contributed by atoms with van der Waals surface area (Å²) >= 11 is 0. The Labute approximate surface area is 101 Å². The summed E-state index contributed by atoms with van der Waals surface area (Å²) in [6.45, 7) is 2.19. The van der Waals surface area contributed by atoms with Crippen molar-refractivity contribution in [2.45, 2.75) is 12.5 Å². The maximum absolute atomic E-state index is 4.51. The van der Waals surface area contributed by atoms with E-state index in [1.807, 2.05) is 19.3 Å². The minimum absolute atomic E-state index is 0.606. The lowest BCUT2D eigenvalue weighted by Crippen LogP contribution is -2.29. The molecule has 1 aliphatic rings. The van der Waals surface area contributed by atoms with E-state index in [1.54, 1.807) is 0 Å². The third-order valence-corrected chi connectivity index (χ3v) is 3.55. The van der Waals surface area contributed by atoms with Gasteiger partial charge in [0.15, 0.2) is 0 Å². The number of hydrogen-bond donors (Lipinski definition) is 1. The summed E-state index contributed by atoms with van der Waals surface area (Å²) in [5, 5.41) is 4.57. The van der Waals surface area contributed by atoms with Gasteiger partial charge in [0.05, 0.1) is 11.2 Å². The molecule has 1 saturated heterocycles. The summed E-state index contributed by atoms with van der Waals surface area (Å²) in [7, 11) is 2.04. The number of benzene rings is 1. The molecule has 0 unspecified atom stereocenters. The van der Waals surface area contributed by atoms with Crippen LogP contribution in [-0.2, 0) is 0 Å². The van der Waals surface area contributed by atoms with E-state index in [0.29, 0.717) is 6.04 Å². The highest BCUT2D eigenvalue weighted by atomic mass is 15.2. The SMILES string of the molecule is CN[C@H]1CCN(c2cccc3cccnc23)C1. The van der Waals surface area contributed by atoms with E-state index in [9.17, 15) is 0 Å². The normalized spacial score (nSPS) is 20.1. The number of para-hydroxylation sites is 1. The van der Waals surface area contributed by atoms with Crippen molar-refractivity contribution < 1.29 is 0 Å². The Balaban J connectivity index is 2.00. The topological polar surface area (TPSA) is 28.2 Å². The van der Waals surface area contributed by atoms with E-state index in [2.05, 4.69) is 39.5 Å². The summed E-state index contributed by atoms with van der Waals surface area (Å²) in [6.07, 6.45) is 3.08. The molecule has 2 aromatic rings. The Bertz CT molecular complexity index is 518. The van der Waals surface area contributed by atoms with Crippen LogP contribution < -0.4 is 10.2 Å². The van der Waals surface area contributed by atoms with Crippen LogP contribution in [0, 0.1) is 0 Å². The first-order valence-electron chi connectivity index (χ1n) is 6.14. The van der Waals surface area contributed by atoms with Crippen molar-refractivity contribution in [3.05, 3.63) is 36.5 Å². The van der Waals surface area contributed by atoms with Crippen LogP contribution in [0.2, 0.25) is 0 Å². The van der Waals surface area contributed by atoms with Crippen LogP contribution in [0.3, 0.4) is 0 Å². The second kappa shape index (κ2) is 4.34. The molecule has 0 saturated carbocycles. The van der Waals surface area contributed by atoms with Gasteiger partial charge in [0.25, 0.3) is 0 Å². The van der Waals surface area contributed by atoms with Gasteiger partial charge >= 0.3 is 0 Å². The summed E-state index contributed by atoms with van der Waals surface area (Å²) in [5.41, 5.74) is 2.38. The van der Waals surface area contributed by atoms with Crippen LogP contribution >= 0.6 is 0 Å². The summed E-state index contributed by atoms with van der Waals surface area (Å²) < 4.78 is 0. The molecule has 0 aliphatic carbocycles. The number of nitrogens with one attached hydrogen (secondary N) is 1. The van der Waals surface area contributed by atoms with E-state index in [-0.39, 0.29) is 0 Å². The monoisotopic (exact) mass is 227 g/mol. The van der Waals surface area contributed by atoms with Gasteiger partial charge in [-0.05, 0) is 25.6 Å². The number of hydrogen-bond acceptors (Lipinski definition) is 3. The third-order valence-electron chi connectivity index (χ3n) is 3.55. The van der Waals surface area contributed by atoms with Crippen LogP contribution in [0.15, 0.2) is 36.5 Å². The molecule has 0 radical (unpaired) electrons. The summed E-state index contributed by atoms with van der Waals surface area (Å²) in [4.78, 5) is 6.94. The van der Waals surface area contributed by atoms with Crippen molar-refractivity contribution in [1.29, 1.82) is 0 Å². The quantitative estimate of drug-likeness (QED) is 0.851. The Hall–Kier alpha value is -1.61. The predicted molar refractivity (Wildman–Crippen MR) is 71.4 cm³/mol. The molecule has 1 atom stereocenters. The number of fused-ring (bicyclic) bond motifs is 1. The van der Waals surface area contributed by atoms with Crippen LogP contribution in [0.4, 0.5) is 5.69 Å². The molecule has 1 aliphatic heterocycles. The van der Waals surface area contributed by atoms with E-state index in [1.165, 1.54) is 17.5 Å². The molecule has 0 bridgehead atoms. The fourth-order valence-electron chi connectivity index (χ4n) is 2.56. The molecular formula is C14H17N3. The zero-order valence-corrected chi connectivity index (χ0v) is 10.1. The number of nitrogens with zero attached hydrogens (tertiary/aromatic N) is 2. The van der Waals surface area contributed by atoms with Gasteiger partial charge in [0.2, 0.25) is 0 Å². The molecule has 3 heteroatoms. The van der Waals surface area contributed by atoms with Crippen LogP contribution in [0.25, 0.3) is 10.9 Å². The average molecular weight is 227 g/mol. The molecule has 1 N–H and O–H groups in total. The Morgan fingerprint density at radius 3 is 3.00 bits per heavy atom. The first kappa shape index (κ1) is 10.5. The smallest absolute Gasteiger partial charge is 0.0935 e. The largest absolute Gasteiger partial charge is 0.368 e. The lowest BCUT2D eigenvalue weighted by Gasteiger charge is -2.19. The van der Waals surface area contributed by atoms with Gasteiger partial charge in [-0.1, -0.05) is 18.2 Å². The fourth-order valence-corrected chi connectivity index (χ4v) is 2.56.